The molecule has 0 atom stereocenters. The first kappa shape index (κ1) is 17.7. The molecule has 2 N–H and O–H groups in total. The Morgan fingerprint density at radius 2 is 1.62 bits per heavy atom. The van der Waals surface area contributed by atoms with E-state index in [9.17, 15) is 4.79 Å². The van der Waals surface area contributed by atoms with Gasteiger partial charge >= 0.3 is 0 Å². The van der Waals surface area contributed by atoms with Crippen molar-refractivity contribution in [2.75, 3.05) is 10.6 Å². The van der Waals surface area contributed by atoms with Crippen LogP contribution in [0.15, 0.2) is 60.8 Å². The molecule has 0 bridgehead atoms. The van der Waals surface area contributed by atoms with E-state index in [1.807, 2.05) is 38.1 Å². The molecule has 3 aromatic rings. The standard InChI is InChI=1S/C22H23N3O/c1-15-4-7-18(8-5-15)13-23-20-10-11-21(24-14-20)22(26)25-19-9-6-16(2)17(3)12-19/h4-12,14,23H,13H2,1-3H3,(H,25,26). The fourth-order valence-electron chi connectivity index (χ4n) is 2.56. The monoisotopic (exact) mass is 345 g/mol. The summed E-state index contributed by atoms with van der Waals surface area (Å²) in [5.41, 5.74) is 6.84. The van der Waals surface area contributed by atoms with Crippen molar-refractivity contribution < 1.29 is 4.79 Å². The van der Waals surface area contributed by atoms with E-state index in [2.05, 4.69) is 46.8 Å². The van der Waals surface area contributed by atoms with E-state index in [4.69, 9.17) is 0 Å². The second-order valence-electron chi connectivity index (χ2n) is 6.52. The van der Waals surface area contributed by atoms with Gasteiger partial charge in [0.25, 0.3) is 5.91 Å². The van der Waals surface area contributed by atoms with E-state index in [0.29, 0.717) is 5.69 Å². The Bertz CT molecular complexity index is 900. The number of carbonyl (C=O) groups excluding carboxylic acids is 1. The lowest BCUT2D eigenvalue weighted by Crippen LogP contribution is -2.14. The van der Waals surface area contributed by atoms with E-state index >= 15 is 0 Å². The van der Waals surface area contributed by atoms with Gasteiger partial charge in [-0.3, -0.25) is 4.79 Å². The van der Waals surface area contributed by atoms with Gasteiger partial charge in [0.1, 0.15) is 5.69 Å². The van der Waals surface area contributed by atoms with Crippen LogP contribution in [-0.4, -0.2) is 10.9 Å². The number of nitrogens with one attached hydrogen (secondary N) is 2. The number of benzene rings is 2. The Morgan fingerprint density at radius 1 is 0.885 bits per heavy atom. The molecular weight excluding hydrogens is 322 g/mol. The van der Waals surface area contributed by atoms with Crippen molar-refractivity contribution in [3.05, 3.63) is 88.7 Å². The van der Waals surface area contributed by atoms with Crippen LogP contribution in [0.3, 0.4) is 0 Å². The van der Waals surface area contributed by atoms with E-state index in [1.165, 1.54) is 16.7 Å². The summed E-state index contributed by atoms with van der Waals surface area (Å²) in [6, 6.07) is 17.8. The Morgan fingerprint density at radius 3 is 2.27 bits per heavy atom. The van der Waals surface area contributed by atoms with Crippen LogP contribution in [0.2, 0.25) is 0 Å². The number of hydrogen-bond acceptors (Lipinski definition) is 3. The largest absolute Gasteiger partial charge is 0.380 e. The van der Waals surface area contributed by atoms with Gasteiger partial charge in [-0.05, 0) is 61.7 Å². The van der Waals surface area contributed by atoms with Crippen LogP contribution < -0.4 is 10.6 Å². The highest BCUT2D eigenvalue weighted by Gasteiger charge is 2.08. The SMILES string of the molecule is Cc1ccc(CNc2ccc(C(=O)Nc3ccc(C)c(C)c3)nc2)cc1. The predicted octanol–water partition coefficient (Wildman–Crippen LogP) is 4.87. The number of aryl methyl sites for hydroxylation is 3. The summed E-state index contributed by atoms with van der Waals surface area (Å²) in [5.74, 6) is -0.210. The van der Waals surface area contributed by atoms with Crippen molar-refractivity contribution in [1.29, 1.82) is 0 Å². The van der Waals surface area contributed by atoms with Gasteiger partial charge in [0, 0.05) is 12.2 Å². The number of hydrogen-bond donors (Lipinski definition) is 2. The number of anilines is 2. The normalized spacial score (nSPS) is 10.4. The Kier molecular flexibility index (Phi) is 5.32. The van der Waals surface area contributed by atoms with Gasteiger partial charge in [0.2, 0.25) is 0 Å². The first-order valence-electron chi connectivity index (χ1n) is 8.65. The van der Waals surface area contributed by atoms with Crippen LogP contribution in [0, 0.1) is 20.8 Å². The highest BCUT2D eigenvalue weighted by molar-refractivity contribution is 6.03. The Hall–Kier alpha value is -3.14. The first-order valence-corrected chi connectivity index (χ1v) is 8.65. The lowest BCUT2D eigenvalue weighted by molar-refractivity contribution is 0.102. The van der Waals surface area contributed by atoms with Crippen LogP contribution >= 0.6 is 0 Å². The third-order valence-electron chi connectivity index (χ3n) is 4.38. The number of carbonyl (C=O) groups is 1. The molecular formula is C22H23N3O. The van der Waals surface area contributed by atoms with E-state index in [-0.39, 0.29) is 5.91 Å². The molecule has 0 radical (unpaired) electrons. The van der Waals surface area contributed by atoms with Crippen LogP contribution in [0.5, 0.6) is 0 Å². The molecule has 0 aliphatic carbocycles. The van der Waals surface area contributed by atoms with Crippen LogP contribution in [0.4, 0.5) is 11.4 Å². The number of pyridine rings is 1. The second kappa shape index (κ2) is 7.83. The quantitative estimate of drug-likeness (QED) is 0.693. The summed E-state index contributed by atoms with van der Waals surface area (Å²) in [7, 11) is 0. The summed E-state index contributed by atoms with van der Waals surface area (Å²) in [5, 5.41) is 6.20. The van der Waals surface area contributed by atoms with Gasteiger partial charge in [0.05, 0.1) is 11.9 Å². The van der Waals surface area contributed by atoms with Gasteiger partial charge in [-0.25, -0.2) is 4.98 Å². The van der Waals surface area contributed by atoms with E-state index in [1.54, 1.807) is 12.3 Å². The van der Waals surface area contributed by atoms with Crippen molar-refractivity contribution in [2.45, 2.75) is 27.3 Å². The van der Waals surface area contributed by atoms with Crippen LogP contribution in [-0.2, 0) is 6.54 Å². The lowest BCUT2D eigenvalue weighted by atomic mass is 10.1. The van der Waals surface area contributed by atoms with E-state index < -0.39 is 0 Å². The summed E-state index contributed by atoms with van der Waals surface area (Å²) in [6.45, 7) is 6.86. The molecule has 0 aliphatic heterocycles. The average molecular weight is 345 g/mol. The highest BCUT2D eigenvalue weighted by Crippen LogP contribution is 2.15. The number of rotatable bonds is 5. The van der Waals surface area contributed by atoms with Crippen molar-refractivity contribution in [3.63, 3.8) is 0 Å². The number of amides is 1. The zero-order valence-corrected chi connectivity index (χ0v) is 15.3. The fraction of sp³-hybridized carbons (Fsp3) is 0.182. The molecule has 0 unspecified atom stereocenters. The number of aromatic nitrogens is 1. The smallest absolute Gasteiger partial charge is 0.274 e. The molecule has 132 valence electrons. The van der Waals surface area contributed by atoms with Crippen LogP contribution in [0.1, 0.15) is 32.7 Å². The molecule has 1 heterocycles. The lowest BCUT2D eigenvalue weighted by Gasteiger charge is -2.09. The fourth-order valence-corrected chi connectivity index (χ4v) is 2.56. The topological polar surface area (TPSA) is 54.0 Å². The predicted molar refractivity (Wildman–Crippen MR) is 107 cm³/mol. The molecule has 1 amide bonds. The molecule has 0 saturated carbocycles. The zero-order chi connectivity index (χ0) is 18.5. The highest BCUT2D eigenvalue weighted by atomic mass is 16.1. The molecule has 26 heavy (non-hydrogen) atoms. The maximum absolute atomic E-state index is 12.3. The van der Waals surface area contributed by atoms with Gasteiger partial charge in [-0.2, -0.15) is 0 Å². The molecule has 0 fully saturated rings. The third kappa shape index (κ3) is 4.48. The van der Waals surface area contributed by atoms with Gasteiger partial charge in [-0.15, -0.1) is 0 Å². The molecule has 2 aromatic carbocycles. The molecule has 3 rings (SSSR count). The maximum atomic E-state index is 12.3. The summed E-state index contributed by atoms with van der Waals surface area (Å²) in [6.07, 6.45) is 1.68. The third-order valence-corrected chi connectivity index (χ3v) is 4.38. The average Bonchev–Trinajstić information content (AvgIpc) is 2.65. The molecule has 0 aliphatic rings. The van der Waals surface area contributed by atoms with Gasteiger partial charge < -0.3 is 10.6 Å². The Balaban J connectivity index is 1.60. The maximum Gasteiger partial charge on any atom is 0.274 e. The zero-order valence-electron chi connectivity index (χ0n) is 15.3. The minimum absolute atomic E-state index is 0.210. The van der Waals surface area contributed by atoms with Crippen molar-refractivity contribution in [1.82, 2.24) is 4.98 Å². The summed E-state index contributed by atoms with van der Waals surface area (Å²) < 4.78 is 0. The van der Waals surface area contributed by atoms with Crippen molar-refractivity contribution in [2.24, 2.45) is 0 Å². The second-order valence-corrected chi connectivity index (χ2v) is 6.52. The summed E-state index contributed by atoms with van der Waals surface area (Å²) >= 11 is 0. The number of nitrogens with zero attached hydrogens (tertiary/aromatic N) is 1. The Labute approximate surface area is 154 Å². The minimum atomic E-state index is -0.210. The van der Waals surface area contributed by atoms with Crippen molar-refractivity contribution >= 4 is 17.3 Å². The van der Waals surface area contributed by atoms with Gasteiger partial charge in [0.15, 0.2) is 0 Å². The van der Waals surface area contributed by atoms with Crippen molar-refractivity contribution in [3.8, 4) is 0 Å². The molecule has 0 saturated heterocycles. The molecule has 4 heteroatoms. The first-order chi connectivity index (χ1) is 12.5. The minimum Gasteiger partial charge on any atom is -0.380 e. The van der Waals surface area contributed by atoms with Crippen LogP contribution in [0.25, 0.3) is 0 Å². The van der Waals surface area contributed by atoms with Gasteiger partial charge in [-0.1, -0.05) is 35.9 Å². The molecule has 1 aromatic heterocycles. The molecule has 4 nitrogen and oxygen atoms in total. The van der Waals surface area contributed by atoms with E-state index in [0.717, 1.165) is 23.5 Å². The summed E-state index contributed by atoms with van der Waals surface area (Å²) in [4.78, 5) is 16.6. The molecule has 0 spiro atoms.